The van der Waals surface area contributed by atoms with Gasteiger partial charge in [0, 0.05) is 29.8 Å². The highest BCUT2D eigenvalue weighted by Gasteiger charge is 2.24. The Labute approximate surface area is 186 Å². The molecule has 0 bridgehead atoms. The van der Waals surface area contributed by atoms with Crippen molar-refractivity contribution in [2.24, 2.45) is 0 Å². The largest absolute Gasteiger partial charge is 0.478 e. The molecule has 9 heteroatoms. The number of nitrogens with zero attached hydrogens (tertiary/aromatic N) is 1. The van der Waals surface area contributed by atoms with E-state index in [-0.39, 0.29) is 5.54 Å². The summed E-state index contributed by atoms with van der Waals surface area (Å²) in [6, 6.07) is 13.5. The maximum absolute atomic E-state index is 10.3. The normalized spacial score (nSPS) is 16.3. The second-order valence-electron chi connectivity index (χ2n) is 8.01. The number of aliphatic hydroxyl groups excluding tert-OH is 1. The van der Waals surface area contributed by atoms with Crippen LogP contribution in [0, 0.1) is 0 Å². The van der Waals surface area contributed by atoms with Crippen molar-refractivity contribution in [1.29, 1.82) is 0 Å². The fraction of sp³-hybridized carbons (Fsp3) is 0.348. The number of nitrogens with one attached hydrogen (secondary N) is 1. The first-order chi connectivity index (χ1) is 15.0. The summed E-state index contributed by atoms with van der Waals surface area (Å²) < 4.78 is 11.6. The Hall–Kier alpha value is -3.27. The Bertz CT molecular complexity index is 923. The summed E-state index contributed by atoms with van der Waals surface area (Å²) in [5, 5.41) is 29.2. The number of pyridine rings is 1. The first-order valence-electron chi connectivity index (χ1n) is 9.95. The Kier molecular flexibility index (Phi) is 8.89. The summed E-state index contributed by atoms with van der Waals surface area (Å²) in [4.78, 5) is 23.6. The summed E-state index contributed by atoms with van der Waals surface area (Å²) in [5.41, 5.74) is 2.26. The molecule has 172 valence electrons. The van der Waals surface area contributed by atoms with E-state index in [9.17, 15) is 14.7 Å². The lowest BCUT2D eigenvalue weighted by atomic mass is 10.1. The molecule has 0 saturated heterocycles. The fourth-order valence-electron chi connectivity index (χ4n) is 2.63. The number of aliphatic hydroxyl groups is 1. The Morgan fingerprint density at radius 2 is 1.75 bits per heavy atom. The number of fused-ring (bicyclic) bond motifs is 1. The van der Waals surface area contributed by atoms with E-state index in [4.69, 9.17) is 19.7 Å². The van der Waals surface area contributed by atoms with Gasteiger partial charge in [0.15, 0.2) is 0 Å². The van der Waals surface area contributed by atoms with Gasteiger partial charge in [-0.05, 0) is 32.9 Å². The molecule has 1 aromatic carbocycles. The molecule has 2 aromatic rings. The topological polar surface area (TPSA) is 138 Å². The second-order valence-corrected chi connectivity index (χ2v) is 8.01. The third-order valence-corrected chi connectivity index (χ3v) is 4.17. The number of carboxylic acid groups (broad SMARTS) is 2. The van der Waals surface area contributed by atoms with Crippen molar-refractivity contribution >= 4 is 11.9 Å². The van der Waals surface area contributed by atoms with Gasteiger partial charge in [-0.2, -0.15) is 0 Å². The summed E-state index contributed by atoms with van der Waals surface area (Å²) in [6.45, 7) is 6.99. The molecule has 9 nitrogen and oxygen atoms in total. The fourth-order valence-corrected chi connectivity index (χ4v) is 2.63. The summed E-state index contributed by atoms with van der Waals surface area (Å²) in [7, 11) is 0. The van der Waals surface area contributed by atoms with Gasteiger partial charge in [-0.25, -0.2) is 14.6 Å². The van der Waals surface area contributed by atoms with E-state index in [2.05, 4.69) is 31.1 Å². The molecule has 0 radical (unpaired) electrons. The van der Waals surface area contributed by atoms with Crippen molar-refractivity contribution in [3.63, 3.8) is 0 Å². The minimum absolute atomic E-state index is 0.0513. The molecular formula is C23H28N2O7. The SMILES string of the molecule is CC(C)(C)NCC(O)c1ccc2c(n1)COC(c1ccccc1)O2.O=C(O)C=CC(=O)O. The molecule has 1 aromatic heterocycles. The number of aliphatic carboxylic acids is 2. The minimum atomic E-state index is -1.26. The summed E-state index contributed by atoms with van der Waals surface area (Å²) >= 11 is 0. The molecule has 4 N–H and O–H groups in total. The van der Waals surface area contributed by atoms with Crippen molar-refractivity contribution in [3.8, 4) is 5.75 Å². The van der Waals surface area contributed by atoms with Crippen molar-refractivity contribution in [2.45, 2.75) is 45.3 Å². The second kappa shape index (κ2) is 11.4. The van der Waals surface area contributed by atoms with E-state index in [1.165, 1.54) is 0 Å². The molecule has 1 aliphatic rings. The minimum Gasteiger partial charge on any atom is -0.478 e. The van der Waals surface area contributed by atoms with Crippen LogP contribution in [0.15, 0.2) is 54.6 Å². The van der Waals surface area contributed by atoms with E-state index in [1.807, 2.05) is 36.4 Å². The molecule has 2 heterocycles. The standard InChI is InChI=1S/C19H24N2O3.C4H4O4/c1-19(2,3)20-11-16(22)14-9-10-17-15(21-14)12-23-18(24-17)13-7-5-4-6-8-13;5-3(6)1-2-4(7)8/h4-10,16,18,20,22H,11-12H2,1-3H3;1-2H,(H,5,6)(H,7,8). The van der Waals surface area contributed by atoms with Crippen LogP contribution in [-0.2, 0) is 20.9 Å². The first-order valence-corrected chi connectivity index (χ1v) is 9.95. The van der Waals surface area contributed by atoms with Gasteiger partial charge in [-0.1, -0.05) is 30.3 Å². The summed E-state index contributed by atoms with van der Waals surface area (Å²) in [5.74, 6) is -1.81. The molecule has 3 rings (SSSR count). The van der Waals surface area contributed by atoms with E-state index in [1.54, 1.807) is 6.07 Å². The van der Waals surface area contributed by atoms with Crippen LogP contribution >= 0.6 is 0 Å². The number of benzene rings is 1. The molecule has 0 saturated carbocycles. The number of hydrogen-bond acceptors (Lipinski definition) is 7. The lowest BCUT2D eigenvalue weighted by Gasteiger charge is -2.27. The van der Waals surface area contributed by atoms with Gasteiger partial charge in [-0.15, -0.1) is 0 Å². The molecular weight excluding hydrogens is 416 g/mol. The number of hydrogen-bond donors (Lipinski definition) is 4. The molecule has 0 amide bonds. The third kappa shape index (κ3) is 8.46. The maximum Gasteiger partial charge on any atom is 0.328 e. The number of β-amino-alcohol motifs (C(OH)–C–C–N with tert-alkyl or cyclic N) is 1. The van der Waals surface area contributed by atoms with Crippen LogP contribution in [0.3, 0.4) is 0 Å². The Balaban J connectivity index is 0.000000390. The zero-order valence-corrected chi connectivity index (χ0v) is 18.2. The average Bonchev–Trinajstić information content (AvgIpc) is 2.76. The van der Waals surface area contributed by atoms with Crippen LogP contribution in [0.2, 0.25) is 0 Å². The van der Waals surface area contributed by atoms with Gasteiger partial charge in [0.2, 0.25) is 6.29 Å². The highest BCUT2D eigenvalue weighted by Crippen LogP contribution is 2.32. The van der Waals surface area contributed by atoms with Crippen molar-refractivity contribution in [1.82, 2.24) is 10.3 Å². The first kappa shape index (κ1) is 25.0. The molecule has 0 fully saturated rings. The zero-order valence-electron chi connectivity index (χ0n) is 18.2. The van der Waals surface area contributed by atoms with Crippen molar-refractivity contribution < 1.29 is 34.4 Å². The molecule has 32 heavy (non-hydrogen) atoms. The maximum atomic E-state index is 10.3. The molecule has 1 aliphatic heterocycles. The molecule has 2 unspecified atom stereocenters. The third-order valence-electron chi connectivity index (χ3n) is 4.17. The van der Waals surface area contributed by atoms with Crippen LogP contribution in [0.1, 0.15) is 50.1 Å². The lowest BCUT2D eigenvalue weighted by Crippen LogP contribution is -2.38. The quantitative estimate of drug-likeness (QED) is 0.495. The molecule has 0 aliphatic carbocycles. The smallest absolute Gasteiger partial charge is 0.328 e. The van der Waals surface area contributed by atoms with E-state index in [0.29, 0.717) is 36.7 Å². The highest BCUT2D eigenvalue weighted by atomic mass is 16.7. The predicted molar refractivity (Wildman–Crippen MR) is 116 cm³/mol. The van der Waals surface area contributed by atoms with Crippen LogP contribution in [0.5, 0.6) is 5.75 Å². The monoisotopic (exact) mass is 444 g/mol. The predicted octanol–water partition coefficient (Wildman–Crippen LogP) is 2.82. The van der Waals surface area contributed by atoms with Crippen LogP contribution in [0.25, 0.3) is 0 Å². The van der Waals surface area contributed by atoms with Gasteiger partial charge < -0.3 is 30.1 Å². The van der Waals surface area contributed by atoms with E-state index in [0.717, 1.165) is 11.3 Å². The highest BCUT2D eigenvalue weighted by molar-refractivity contribution is 5.89. The van der Waals surface area contributed by atoms with E-state index < -0.39 is 24.3 Å². The van der Waals surface area contributed by atoms with Gasteiger partial charge in [0.05, 0.1) is 12.3 Å². The van der Waals surface area contributed by atoms with Crippen LogP contribution in [0.4, 0.5) is 0 Å². The summed E-state index contributed by atoms with van der Waals surface area (Å²) in [6.07, 6.45) is 0.0326. The van der Waals surface area contributed by atoms with E-state index >= 15 is 0 Å². The number of rotatable bonds is 6. The molecule has 0 spiro atoms. The number of aromatic nitrogens is 1. The van der Waals surface area contributed by atoms with Crippen LogP contribution < -0.4 is 10.1 Å². The number of ether oxygens (including phenoxy) is 2. The lowest BCUT2D eigenvalue weighted by molar-refractivity contribution is -0.134. The average molecular weight is 444 g/mol. The van der Waals surface area contributed by atoms with Gasteiger partial charge in [0.1, 0.15) is 17.5 Å². The Morgan fingerprint density at radius 1 is 1.12 bits per heavy atom. The number of carboxylic acids is 2. The zero-order chi connectivity index (χ0) is 23.7. The Morgan fingerprint density at radius 3 is 2.31 bits per heavy atom. The van der Waals surface area contributed by atoms with Crippen molar-refractivity contribution in [3.05, 3.63) is 71.6 Å². The van der Waals surface area contributed by atoms with Gasteiger partial charge >= 0.3 is 11.9 Å². The number of carbonyl (C=O) groups is 2. The van der Waals surface area contributed by atoms with Crippen LogP contribution in [-0.4, -0.2) is 44.3 Å². The van der Waals surface area contributed by atoms with Gasteiger partial charge in [0.25, 0.3) is 0 Å². The van der Waals surface area contributed by atoms with Gasteiger partial charge in [-0.3, -0.25) is 0 Å². The molecule has 2 atom stereocenters. The van der Waals surface area contributed by atoms with Crippen molar-refractivity contribution in [2.75, 3.05) is 6.54 Å².